The van der Waals surface area contributed by atoms with Gasteiger partial charge in [-0.15, -0.1) is 0 Å². The summed E-state index contributed by atoms with van der Waals surface area (Å²) in [6, 6.07) is 2.02. The minimum Gasteiger partial charge on any atom is -0.349 e. The highest BCUT2D eigenvalue weighted by atomic mass is 35.7. The Morgan fingerprint density at radius 1 is 1.45 bits per heavy atom. The van der Waals surface area contributed by atoms with Crippen molar-refractivity contribution in [3.63, 3.8) is 0 Å². The first-order chi connectivity index (χ1) is 9.20. The van der Waals surface area contributed by atoms with Crippen LogP contribution in [0, 0.1) is 18.7 Å². The minimum atomic E-state index is -4.01. The van der Waals surface area contributed by atoms with Crippen molar-refractivity contribution >= 4 is 25.6 Å². The first-order valence-corrected chi connectivity index (χ1v) is 8.56. The minimum absolute atomic E-state index is 0.0570. The van der Waals surface area contributed by atoms with Crippen LogP contribution in [0.25, 0.3) is 0 Å². The summed E-state index contributed by atoms with van der Waals surface area (Å²) in [5.74, 6) is -0.926. The molecule has 1 aliphatic carbocycles. The number of carbonyl (C=O) groups excluding carboxylic acids is 1. The van der Waals surface area contributed by atoms with Crippen molar-refractivity contribution in [1.29, 1.82) is 0 Å². The van der Waals surface area contributed by atoms with Crippen molar-refractivity contribution in [1.82, 2.24) is 5.32 Å². The number of halogens is 2. The lowest BCUT2D eigenvalue weighted by atomic mass is 10.1. The van der Waals surface area contributed by atoms with Gasteiger partial charge in [0.05, 0.1) is 10.5 Å². The lowest BCUT2D eigenvalue weighted by molar-refractivity contribution is 0.0931. The summed E-state index contributed by atoms with van der Waals surface area (Å²) in [4.78, 5) is 11.8. The normalized spacial score (nSPS) is 16.8. The van der Waals surface area contributed by atoms with Gasteiger partial charge in [0.2, 0.25) is 0 Å². The van der Waals surface area contributed by atoms with E-state index < -0.39 is 20.8 Å². The van der Waals surface area contributed by atoms with Gasteiger partial charge in [0.1, 0.15) is 5.82 Å². The molecule has 1 fully saturated rings. The van der Waals surface area contributed by atoms with Gasteiger partial charge < -0.3 is 5.32 Å². The van der Waals surface area contributed by atoms with Crippen molar-refractivity contribution in [3.05, 3.63) is 29.1 Å². The maximum Gasteiger partial charge on any atom is 0.261 e. The molecule has 110 valence electrons. The molecule has 1 aromatic carbocycles. The predicted octanol–water partition coefficient (Wildman–Crippen LogP) is 2.59. The van der Waals surface area contributed by atoms with Crippen LogP contribution in [0.1, 0.15) is 35.7 Å². The summed E-state index contributed by atoms with van der Waals surface area (Å²) in [5.41, 5.74) is -0.229. The highest BCUT2D eigenvalue weighted by molar-refractivity contribution is 8.13. The van der Waals surface area contributed by atoms with Crippen molar-refractivity contribution < 1.29 is 17.6 Å². The molecule has 1 aliphatic rings. The van der Waals surface area contributed by atoms with E-state index in [1.807, 2.05) is 6.92 Å². The molecular formula is C13H15ClFNO3S. The van der Waals surface area contributed by atoms with Crippen LogP contribution in [0.15, 0.2) is 17.0 Å². The Morgan fingerprint density at radius 3 is 2.55 bits per heavy atom. The molecule has 0 spiro atoms. The van der Waals surface area contributed by atoms with Crippen LogP contribution in [0.3, 0.4) is 0 Å². The van der Waals surface area contributed by atoms with E-state index in [1.54, 1.807) is 0 Å². The fourth-order valence-corrected chi connectivity index (χ4v) is 2.88. The zero-order chi connectivity index (χ0) is 15.1. The van der Waals surface area contributed by atoms with Gasteiger partial charge in [0.15, 0.2) is 0 Å². The molecule has 1 unspecified atom stereocenters. The van der Waals surface area contributed by atoms with Crippen molar-refractivity contribution in [2.45, 2.75) is 37.6 Å². The van der Waals surface area contributed by atoms with Gasteiger partial charge in [-0.25, -0.2) is 12.8 Å². The molecule has 1 amide bonds. The van der Waals surface area contributed by atoms with Gasteiger partial charge in [-0.2, -0.15) is 0 Å². The number of rotatable bonds is 4. The second-order valence-electron chi connectivity index (χ2n) is 5.14. The molecule has 0 aliphatic heterocycles. The summed E-state index contributed by atoms with van der Waals surface area (Å²) >= 11 is 0. The van der Waals surface area contributed by atoms with Gasteiger partial charge in [0.25, 0.3) is 15.0 Å². The van der Waals surface area contributed by atoms with E-state index in [4.69, 9.17) is 10.7 Å². The van der Waals surface area contributed by atoms with E-state index in [9.17, 15) is 17.6 Å². The molecular weight excluding hydrogens is 305 g/mol. The molecule has 4 nitrogen and oxygen atoms in total. The predicted molar refractivity (Wildman–Crippen MR) is 73.8 cm³/mol. The summed E-state index contributed by atoms with van der Waals surface area (Å²) in [6.07, 6.45) is 2.08. The third kappa shape index (κ3) is 3.30. The number of hydrogen-bond acceptors (Lipinski definition) is 3. The third-order valence-corrected chi connectivity index (χ3v) is 4.78. The smallest absolute Gasteiger partial charge is 0.261 e. The number of benzene rings is 1. The highest BCUT2D eigenvalue weighted by Crippen LogP contribution is 2.32. The fraction of sp³-hybridized carbons (Fsp3) is 0.462. The molecule has 2 rings (SSSR count). The van der Waals surface area contributed by atoms with Gasteiger partial charge >= 0.3 is 0 Å². The number of aryl methyl sites for hydroxylation is 1. The Kier molecular flexibility index (Phi) is 4.07. The Morgan fingerprint density at radius 2 is 2.05 bits per heavy atom. The van der Waals surface area contributed by atoms with Crippen LogP contribution < -0.4 is 5.32 Å². The number of hydrogen-bond donors (Lipinski definition) is 1. The molecule has 0 saturated heterocycles. The van der Waals surface area contributed by atoms with E-state index >= 15 is 0 Å². The molecule has 1 saturated carbocycles. The molecule has 20 heavy (non-hydrogen) atoms. The lowest BCUT2D eigenvalue weighted by Crippen LogP contribution is -2.34. The first kappa shape index (κ1) is 15.3. The first-order valence-electron chi connectivity index (χ1n) is 6.26. The third-order valence-electron chi connectivity index (χ3n) is 3.44. The second kappa shape index (κ2) is 5.33. The van der Waals surface area contributed by atoms with Gasteiger partial charge in [-0.3, -0.25) is 4.79 Å². The van der Waals surface area contributed by atoms with Crippen LogP contribution in [0.2, 0.25) is 0 Å². The maximum absolute atomic E-state index is 14.0. The quantitative estimate of drug-likeness (QED) is 0.868. The number of amides is 1. The topological polar surface area (TPSA) is 63.2 Å². The average molecular weight is 320 g/mol. The zero-order valence-electron chi connectivity index (χ0n) is 11.1. The SMILES string of the molecule is Cc1cc(S(=O)(=O)Cl)cc(C(=O)NC(C)C2CC2)c1F. The fourth-order valence-electron chi connectivity index (χ4n) is 2.04. The van der Waals surface area contributed by atoms with Gasteiger partial charge in [0, 0.05) is 16.7 Å². The van der Waals surface area contributed by atoms with E-state index in [2.05, 4.69) is 5.32 Å². The maximum atomic E-state index is 14.0. The van der Waals surface area contributed by atoms with E-state index in [1.165, 1.54) is 6.92 Å². The highest BCUT2D eigenvalue weighted by Gasteiger charge is 2.30. The van der Waals surface area contributed by atoms with Gasteiger partial charge in [-0.05, 0) is 50.3 Å². The Balaban J connectivity index is 2.34. The zero-order valence-corrected chi connectivity index (χ0v) is 12.7. The summed E-state index contributed by atoms with van der Waals surface area (Å²) in [5, 5.41) is 2.69. The standard InChI is InChI=1S/C13H15ClFNO3S/c1-7-5-10(20(14,18)19)6-11(12(7)15)13(17)16-8(2)9-3-4-9/h5-6,8-9H,3-4H2,1-2H3,(H,16,17). The molecule has 1 atom stereocenters. The second-order valence-corrected chi connectivity index (χ2v) is 7.71. The molecule has 0 bridgehead atoms. The summed E-state index contributed by atoms with van der Waals surface area (Å²) in [6.45, 7) is 3.24. The Hall–Kier alpha value is -1.14. The Bertz CT molecular complexity index is 656. The van der Waals surface area contributed by atoms with Crippen molar-refractivity contribution in [2.24, 2.45) is 5.92 Å². The molecule has 7 heteroatoms. The van der Waals surface area contributed by atoms with E-state index in [0.29, 0.717) is 5.92 Å². The summed E-state index contributed by atoms with van der Waals surface area (Å²) in [7, 11) is 1.24. The van der Waals surface area contributed by atoms with Gasteiger partial charge in [-0.1, -0.05) is 0 Å². The monoisotopic (exact) mass is 319 g/mol. The average Bonchev–Trinajstić information content (AvgIpc) is 3.14. The van der Waals surface area contributed by atoms with Crippen LogP contribution in [0.4, 0.5) is 4.39 Å². The largest absolute Gasteiger partial charge is 0.349 e. The molecule has 0 radical (unpaired) electrons. The molecule has 0 aromatic heterocycles. The Labute approximate surface area is 121 Å². The van der Waals surface area contributed by atoms with Crippen LogP contribution in [-0.2, 0) is 9.05 Å². The van der Waals surface area contributed by atoms with Crippen LogP contribution in [0.5, 0.6) is 0 Å². The molecule has 1 aromatic rings. The van der Waals surface area contributed by atoms with E-state index in [0.717, 1.165) is 25.0 Å². The molecule has 0 heterocycles. The van der Waals surface area contributed by atoms with Crippen molar-refractivity contribution in [3.8, 4) is 0 Å². The number of carbonyl (C=O) groups is 1. The van der Waals surface area contributed by atoms with Crippen LogP contribution >= 0.6 is 10.7 Å². The molecule has 1 N–H and O–H groups in total. The lowest BCUT2D eigenvalue weighted by Gasteiger charge is -2.14. The number of nitrogens with one attached hydrogen (secondary N) is 1. The van der Waals surface area contributed by atoms with E-state index in [-0.39, 0.29) is 22.1 Å². The summed E-state index contributed by atoms with van der Waals surface area (Å²) < 4.78 is 36.6. The van der Waals surface area contributed by atoms with Crippen LogP contribution in [-0.4, -0.2) is 20.4 Å². The van der Waals surface area contributed by atoms with Crippen molar-refractivity contribution in [2.75, 3.05) is 0 Å².